The number of nitro benzene ring substituents is 1. The minimum absolute atomic E-state index is 0.0375. The first kappa shape index (κ1) is 11.7. The molecule has 1 aromatic rings. The predicted octanol–water partition coefficient (Wildman–Crippen LogP) is 1.88. The molecular formula is C9H12ClN3O2. The molecule has 0 bridgehead atoms. The summed E-state index contributed by atoms with van der Waals surface area (Å²) in [6, 6.07) is 4.45. The summed E-state index contributed by atoms with van der Waals surface area (Å²) in [6.45, 7) is 1.33. The Kier molecular flexibility index (Phi) is 4.33. The standard InChI is InChI=1S/C9H12ClN3O2/c1-11-4-5-12-8-6-7(10)2-3-9(8)13(14)15/h2-3,6,11-12H,4-5H2,1H3. The fourth-order valence-corrected chi connectivity index (χ4v) is 1.30. The molecule has 0 aliphatic rings. The topological polar surface area (TPSA) is 67.2 Å². The summed E-state index contributed by atoms with van der Waals surface area (Å²) < 4.78 is 0. The molecule has 1 aromatic carbocycles. The maximum atomic E-state index is 10.7. The van der Waals surface area contributed by atoms with Gasteiger partial charge in [-0.1, -0.05) is 11.6 Å². The average molecular weight is 230 g/mol. The summed E-state index contributed by atoms with van der Waals surface area (Å²) in [5.41, 5.74) is 0.484. The van der Waals surface area contributed by atoms with Gasteiger partial charge in [0.25, 0.3) is 5.69 Å². The predicted molar refractivity (Wildman–Crippen MR) is 60.5 cm³/mol. The van der Waals surface area contributed by atoms with Crippen molar-refractivity contribution in [3.63, 3.8) is 0 Å². The molecule has 0 aromatic heterocycles. The Morgan fingerprint density at radius 2 is 2.20 bits per heavy atom. The summed E-state index contributed by atoms with van der Waals surface area (Å²) in [5.74, 6) is 0. The number of nitrogens with zero attached hydrogens (tertiary/aromatic N) is 1. The number of hydrogen-bond donors (Lipinski definition) is 2. The van der Waals surface area contributed by atoms with Crippen LogP contribution < -0.4 is 10.6 Å². The van der Waals surface area contributed by atoms with Crippen LogP contribution in [0, 0.1) is 10.1 Å². The third-order valence-corrected chi connectivity index (χ3v) is 2.08. The van der Waals surface area contributed by atoms with Gasteiger partial charge in [-0.15, -0.1) is 0 Å². The number of benzene rings is 1. The van der Waals surface area contributed by atoms with Crippen LogP contribution >= 0.6 is 11.6 Å². The van der Waals surface area contributed by atoms with Gasteiger partial charge in [0.15, 0.2) is 0 Å². The van der Waals surface area contributed by atoms with Crippen molar-refractivity contribution >= 4 is 23.0 Å². The minimum Gasteiger partial charge on any atom is -0.378 e. The fraction of sp³-hybridized carbons (Fsp3) is 0.333. The molecule has 0 fully saturated rings. The van der Waals surface area contributed by atoms with Crippen molar-refractivity contribution in [3.05, 3.63) is 33.3 Å². The number of nitrogens with one attached hydrogen (secondary N) is 2. The maximum Gasteiger partial charge on any atom is 0.292 e. The molecule has 6 heteroatoms. The summed E-state index contributed by atoms with van der Waals surface area (Å²) >= 11 is 5.76. The molecule has 5 nitrogen and oxygen atoms in total. The number of rotatable bonds is 5. The van der Waals surface area contributed by atoms with Crippen molar-refractivity contribution in [2.75, 3.05) is 25.5 Å². The van der Waals surface area contributed by atoms with Gasteiger partial charge in [0.2, 0.25) is 0 Å². The van der Waals surface area contributed by atoms with Crippen LogP contribution in [0.25, 0.3) is 0 Å². The van der Waals surface area contributed by atoms with Gasteiger partial charge in [0, 0.05) is 24.2 Å². The zero-order valence-corrected chi connectivity index (χ0v) is 9.04. The van der Waals surface area contributed by atoms with Crippen LogP contribution in [0.2, 0.25) is 5.02 Å². The van der Waals surface area contributed by atoms with Crippen LogP contribution in [0.4, 0.5) is 11.4 Å². The fourth-order valence-electron chi connectivity index (χ4n) is 1.13. The molecule has 0 amide bonds. The molecule has 0 heterocycles. The van der Waals surface area contributed by atoms with E-state index in [2.05, 4.69) is 10.6 Å². The first-order valence-electron chi connectivity index (χ1n) is 4.47. The van der Waals surface area contributed by atoms with E-state index < -0.39 is 4.92 Å². The lowest BCUT2D eigenvalue weighted by molar-refractivity contribution is -0.384. The Balaban J connectivity index is 2.82. The van der Waals surface area contributed by atoms with Crippen molar-refractivity contribution in [2.24, 2.45) is 0 Å². The van der Waals surface area contributed by atoms with Crippen molar-refractivity contribution in [2.45, 2.75) is 0 Å². The van der Waals surface area contributed by atoms with E-state index in [0.717, 1.165) is 6.54 Å². The minimum atomic E-state index is -0.433. The highest BCUT2D eigenvalue weighted by atomic mass is 35.5. The van der Waals surface area contributed by atoms with Crippen molar-refractivity contribution in [1.29, 1.82) is 0 Å². The number of nitro groups is 1. The first-order valence-corrected chi connectivity index (χ1v) is 4.85. The summed E-state index contributed by atoms with van der Waals surface area (Å²) in [5, 5.41) is 17.0. The second-order valence-electron chi connectivity index (χ2n) is 2.95. The lowest BCUT2D eigenvalue weighted by atomic mass is 10.2. The number of likely N-dealkylation sites (N-methyl/N-ethyl adjacent to an activating group) is 1. The van der Waals surface area contributed by atoms with Crippen LogP contribution in [-0.2, 0) is 0 Å². The van der Waals surface area contributed by atoms with Gasteiger partial charge >= 0.3 is 0 Å². The summed E-state index contributed by atoms with van der Waals surface area (Å²) in [6.07, 6.45) is 0. The molecule has 15 heavy (non-hydrogen) atoms. The zero-order chi connectivity index (χ0) is 11.3. The van der Waals surface area contributed by atoms with E-state index in [1.165, 1.54) is 12.1 Å². The summed E-state index contributed by atoms with van der Waals surface area (Å²) in [7, 11) is 1.81. The number of anilines is 1. The molecule has 0 atom stereocenters. The van der Waals surface area contributed by atoms with Gasteiger partial charge in [0.05, 0.1) is 4.92 Å². The molecule has 0 spiro atoms. The highest BCUT2D eigenvalue weighted by Gasteiger charge is 2.12. The van der Waals surface area contributed by atoms with Gasteiger partial charge in [-0.3, -0.25) is 10.1 Å². The smallest absolute Gasteiger partial charge is 0.292 e. The first-order chi connectivity index (χ1) is 7.15. The monoisotopic (exact) mass is 229 g/mol. The van der Waals surface area contributed by atoms with Crippen LogP contribution in [-0.4, -0.2) is 25.1 Å². The Labute approximate surface area is 92.6 Å². The van der Waals surface area contributed by atoms with Crippen molar-refractivity contribution < 1.29 is 4.92 Å². The van der Waals surface area contributed by atoms with Gasteiger partial charge in [0.1, 0.15) is 5.69 Å². The van der Waals surface area contributed by atoms with Gasteiger partial charge < -0.3 is 10.6 Å². The van der Waals surface area contributed by atoms with Crippen molar-refractivity contribution in [3.8, 4) is 0 Å². The van der Waals surface area contributed by atoms with E-state index in [9.17, 15) is 10.1 Å². The maximum absolute atomic E-state index is 10.7. The molecule has 0 aliphatic heterocycles. The van der Waals surface area contributed by atoms with Crippen LogP contribution in [0.1, 0.15) is 0 Å². The zero-order valence-electron chi connectivity index (χ0n) is 8.29. The average Bonchev–Trinajstić information content (AvgIpc) is 2.18. The SMILES string of the molecule is CNCCNc1cc(Cl)ccc1[N+](=O)[O-]. The highest BCUT2D eigenvalue weighted by Crippen LogP contribution is 2.27. The second kappa shape index (κ2) is 5.53. The Hall–Kier alpha value is -1.33. The van der Waals surface area contributed by atoms with E-state index in [-0.39, 0.29) is 5.69 Å². The molecule has 82 valence electrons. The van der Waals surface area contributed by atoms with Crippen LogP contribution in [0.5, 0.6) is 0 Å². The number of halogens is 1. The van der Waals surface area contributed by atoms with Gasteiger partial charge in [-0.05, 0) is 19.2 Å². The molecule has 2 N–H and O–H groups in total. The van der Waals surface area contributed by atoms with Gasteiger partial charge in [-0.25, -0.2) is 0 Å². The lowest BCUT2D eigenvalue weighted by Gasteiger charge is -2.06. The Bertz CT molecular complexity index is 357. The third-order valence-electron chi connectivity index (χ3n) is 1.85. The Morgan fingerprint density at radius 3 is 2.80 bits per heavy atom. The van der Waals surface area contributed by atoms with E-state index in [1.807, 2.05) is 7.05 Å². The summed E-state index contributed by atoms with van der Waals surface area (Å²) in [4.78, 5) is 10.2. The highest BCUT2D eigenvalue weighted by molar-refractivity contribution is 6.31. The normalized spacial score (nSPS) is 10.0. The van der Waals surface area contributed by atoms with E-state index >= 15 is 0 Å². The quantitative estimate of drug-likeness (QED) is 0.460. The molecule has 0 saturated carbocycles. The third kappa shape index (κ3) is 3.38. The molecule has 1 rings (SSSR count). The van der Waals surface area contributed by atoms with E-state index in [4.69, 9.17) is 11.6 Å². The van der Waals surface area contributed by atoms with Crippen LogP contribution in [0.3, 0.4) is 0 Å². The number of hydrogen-bond acceptors (Lipinski definition) is 4. The van der Waals surface area contributed by atoms with Crippen LogP contribution in [0.15, 0.2) is 18.2 Å². The van der Waals surface area contributed by atoms with E-state index in [0.29, 0.717) is 17.3 Å². The van der Waals surface area contributed by atoms with Crippen molar-refractivity contribution in [1.82, 2.24) is 5.32 Å². The van der Waals surface area contributed by atoms with Gasteiger partial charge in [-0.2, -0.15) is 0 Å². The lowest BCUT2D eigenvalue weighted by Crippen LogP contribution is -2.18. The van der Waals surface area contributed by atoms with E-state index in [1.54, 1.807) is 6.07 Å². The molecule has 0 saturated heterocycles. The molecular weight excluding hydrogens is 218 g/mol. The molecule has 0 radical (unpaired) electrons. The second-order valence-corrected chi connectivity index (χ2v) is 3.39. The Morgan fingerprint density at radius 1 is 1.47 bits per heavy atom. The molecule has 0 unspecified atom stereocenters. The molecule has 0 aliphatic carbocycles. The largest absolute Gasteiger partial charge is 0.378 e.